The molecular weight excluding hydrogens is 416 g/mol. The van der Waals surface area contributed by atoms with Crippen LogP contribution in [0.2, 0.25) is 0 Å². The summed E-state index contributed by atoms with van der Waals surface area (Å²) in [7, 11) is 0. The van der Waals surface area contributed by atoms with Crippen LogP contribution in [0, 0.1) is 11.7 Å². The summed E-state index contributed by atoms with van der Waals surface area (Å²) in [6.07, 6.45) is 0.407. The maximum Gasteiger partial charge on any atom is 0.433 e. The number of primary amides is 1. The van der Waals surface area contributed by atoms with Crippen LogP contribution < -0.4 is 5.73 Å². The molecule has 2 heterocycles. The van der Waals surface area contributed by atoms with Gasteiger partial charge < -0.3 is 10.8 Å². The molecule has 3 aromatic rings. The van der Waals surface area contributed by atoms with E-state index in [0.717, 1.165) is 31.7 Å². The number of carbonyl (C=O) groups excluding carboxylic acids is 1. The van der Waals surface area contributed by atoms with Gasteiger partial charge in [-0.2, -0.15) is 18.3 Å². The molecule has 0 saturated heterocycles. The first-order valence-electron chi connectivity index (χ1n) is 9.85. The smallest absolute Gasteiger partial charge is 0.396 e. The van der Waals surface area contributed by atoms with Crippen molar-refractivity contribution in [3.63, 3.8) is 0 Å². The van der Waals surface area contributed by atoms with Crippen LogP contribution >= 0.6 is 0 Å². The third-order valence-electron chi connectivity index (χ3n) is 5.77. The number of fused-ring (bicyclic) bond motifs is 1. The third kappa shape index (κ3) is 4.12. The summed E-state index contributed by atoms with van der Waals surface area (Å²) in [5, 5.41) is 14.3. The zero-order valence-corrected chi connectivity index (χ0v) is 16.4. The lowest BCUT2D eigenvalue weighted by Gasteiger charge is -2.27. The van der Waals surface area contributed by atoms with Crippen LogP contribution in [0.5, 0.6) is 0 Å². The summed E-state index contributed by atoms with van der Waals surface area (Å²) in [6.45, 7) is 0.158. The maximum absolute atomic E-state index is 14.9. The van der Waals surface area contributed by atoms with Crippen molar-refractivity contribution >= 4 is 16.8 Å². The summed E-state index contributed by atoms with van der Waals surface area (Å²) in [6, 6.07) is 4.43. The molecule has 0 aliphatic heterocycles. The number of nitrogens with zero attached hydrogens (tertiary/aromatic N) is 3. The molecule has 1 fully saturated rings. The molecule has 4 rings (SSSR count). The second kappa shape index (κ2) is 7.92. The fourth-order valence-corrected chi connectivity index (χ4v) is 4.07. The van der Waals surface area contributed by atoms with Crippen molar-refractivity contribution in [2.45, 2.75) is 37.9 Å². The topological polar surface area (TPSA) is 94.0 Å². The first kappa shape index (κ1) is 21.2. The van der Waals surface area contributed by atoms with Gasteiger partial charge in [-0.15, -0.1) is 0 Å². The Balaban J connectivity index is 1.74. The van der Waals surface area contributed by atoms with E-state index in [2.05, 4.69) is 10.1 Å². The monoisotopic (exact) mass is 436 g/mol. The van der Waals surface area contributed by atoms with Crippen LogP contribution in [0.25, 0.3) is 22.0 Å². The van der Waals surface area contributed by atoms with Crippen LogP contribution in [-0.2, 0) is 6.18 Å². The molecule has 10 heteroatoms. The lowest BCUT2D eigenvalue weighted by atomic mass is 9.87. The fourth-order valence-electron chi connectivity index (χ4n) is 4.07. The van der Waals surface area contributed by atoms with Gasteiger partial charge in [0.25, 0.3) is 5.91 Å². The van der Waals surface area contributed by atoms with Crippen molar-refractivity contribution in [2.24, 2.45) is 11.7 Å². The van der Waals surface area contributed by atoms with Gasteiger partial charge in [-0.3, -0.25) is 9.48 Å². The first-order valence-corrected chi connectivity index (χ1v) is 9.85. The quantitative estimate of drug-likeness (QED) is 0.603. The summed E-state index contributed by atoms with van der Waals surface area (Å²) in [5.41, 5.74) is 3.50. The predicted molar refractivity (Wildman–Crippen MR) is 105 cm³/mol. The number of rotatable bonds is 4. The Morgan fingerprint density at radius 2 is 1.87 bits per heavy atom. The number of benzene rings is 1. The van der Waals surface area contributed by atoms with E-state index in [1.54, 1.807) is 10.9 Å². The number of aromatic nitrogens is 3. The molecule has 164 valence electrons. The number of amides is 1. The first-order chi connectivity index (χ1) is 14.7. The zero-order chi connectivity index (χ0) is 22.3. The number of alkyl halides is 3. The molecule has 1 aromatic carbocycles. The van der Waals surface area contributed by atoms with Crippen molar-refractivity contribution in [3.05, 3.63) is 47.7 Å². The lowest BCUT2D eigenvalue weighted by molar-refractivity contribution is -0.141. The Labute approximate surface area is 174 Å². The van der Waals surface area contributed by atoms with Crippen molar-refractivity contribution in [3.8, 4) is 11.1 Å². The average Bonchev–Trinajstić information content (AvgIpc) is 3.14. The molecule has 1 aliphatic rings. The average molecular weight is 436 g/mol. The standard InChI is InChI=1S/C21H20F4N4O2/c22-16-8-17-12(9-29(28-17)13-3-1-11(10-30)2-4-13)7-15(16)14-5-6-18(21(23,24)25)27-19(14)20(26)31/h5-9,11,13,30H,1-4,10H2,(H2,26,31). The molecular formula is C21H20F4N4O2. The number of pyridine rings is 1. The van der Waals surface area contributed by atoms with E-state index in [0.29, 0.717) is 17.0 Å². The molecule has 1 saturated carbocycles. The molecule has 31 heavy (non-hydrogen) atoms. The van der Waals surface area contributed by atoms with E-state index in [4.69, 9.17) is 5.73 Å². The Morgan fingerprint density at radius 1 is 1.16 bits per heavy atom. The summed E-state index contributed by atoms with van der Waals surface area (Å²) < 4.78 is 55.5. The van der Waals surface area contributed by atoms with Gasteiger partial charge in [0.15, 0.2) is 0 Å². The SMILES string of the molecule is NC(=O)c1nc(C(F)(F)F)ccc1-c1cc2cn(C3CCC(CO)CC3)nc2cc1F. The van der Waals surface area contributed by atoms with Crippen LogP contribution in [0.15, 0.2) is 30.5 Å². The minimum absolute atomic E-state index is 0.0777. The molecule has 0 atom stereocenters. The highest BCUT2D eigenvalue weighted by Gasteiger charge is 2.34. The number of hydrogen-bond donors (Lipinski definition) is 2. The second-order valence-corrected chi connectivity index (χ2v) is 7.81. The van der Waals surface area contributed by atoms with Crippen molar-refractivity contribution in [1.82, 2.24) is 14.8 Å². The number of nitrogens with two attached hydrogens (primary N) is 1. The molecule has 0 bridgehead atoms. The van der Waals surface area contributed by atoms with Gasteiger partial charge in [0.05, 0.1) is 11.6 Å². The van der Waals surface area contributed by atoms with E-state index in [9.17, 15) is 27.5 Å². The highest BCUT2D eigenvalue weighted by atomic mass is 19.4. The van der Waals surface area contributed by atoms with E-state index in [-0.39, 0.29) is 29.7 Å². The minimum Gasteiger partial charge on any atom is -0.396 e. The Bertz CT molecular complexity index is 1130. The van der Waals surface area contributed by atoms with Gasteiger partial charge in [0.1, 0.15) is 17.2 Å². The normalized spacial score (nSPS) is 19.6. The molecule has 1 amide bonds. The van der Waals surface area contributed by atoms with Gasteiger partial charge in [-0.1, -0.05) is 0 Å². The molecule has 2 aromatic heterocycles. The van der Waals surface area contributed by atoms with E-state index in [1.807, 2.05) is 0 Å². The van der Waals surface area contributed by atoms with E-state index < -0.39 is 29.3 Å². The summed E-state index contributed by atoms with van der Waals surface area (Å²) >= 11 is 0. The van der Waals surface area contributed by atoms with E-state index in [1.165, 1.54) is 12.1 Å². The number of carbonyl (C=O) groups is 1. The van der Waals surface area contributed by atoms with E-state index >= 15 is 0 Å². The Morgan fingerprint density at radius 3 is 2.48 bits per heavy atom. The summed E-state index contributed by atoms with van der Waals surface area (Å²) in [4.78, 5) is 15.1. The van der Waals surface area contributed by atoms with Crippen molar-refractivity contribution < 1.29 is 27.5 Å². The highest BCUT2D eigenvalue weighted by Crippen LogP contribution is 2.35. The molecule has 1 aliphatic carbocycles. The van der Waals surface area contributed by atoms with Crippen LogP contribution in [0.3, 0.4) is 0 Å². The number of aliphatic hydroxyl groups is 1. The molecule has 0 unspecified atom stereocenters. The van der Waals surface area contributed by atoms with Crippen LogP contribution in [-0.4, -0.2) is 32.4 Å². The maximum atomic E-state index is 14.9. The molecule has 3 N–H and O–H groups in total. The van der Waals surface area contributed by atoms with Gasteiger partial charge in [-0.05, 0) is 49.8 Å². The lowest BCUT2D eigenvalue weighted by Crippen LogP contribution is -2.20. The van der Waals surface area contributed by atoms with Gasteiger partial charge in [0, 0.05) is 35.4 Å². The van der Waals surface area contributed by atoms with Crippen LogP contribution in [0.1, 0.15) is 47.9 Å². The van der Waals surface area contributed by atoms with Gasteiger partial charge >= 0.3 is 6.18 Å². The number of hydrogen-bond acceptors (Lipinski definition) is 4. The Kier molecular flexibility index (Phi) is 5.42. The molecule has 0 spiro atoms. The number of halogens is 4. The summed E-state index contributed by atoms with van der Waals surface area (Å²) in [5.74, 6) is -1.65. The zero-order valence-electron chi connectivity index (χ0n) is 16.4. The second-order valence-electron chi connectivity index (χ2n) is 7.81. The Hall–Kier alpha value is -3.01. The van der Waals surface area contributed by atoms with Gasteiger partial charge in [0.2, 0.25) is 0 Å². The fraction of sp³-hybridized carbons (Fsp3) is 0.381. The highest BCUT2D eigenvalue weighted by molar-refractivity contribution is 5.99. The van der Waals surface area contributed by atoms with Crippen LogP contribution in [0.4, 0.5) is 17.6 Å². The third-order valence-corrected chi connectivity index (χ3v) is 5.77. The number of aliphatic hydroxyl groups excluding tert-OH is 1. The van der Waals surface area contributed by atoms with Gasteiger partial charge in [-0.25, -0.2) is 9.37 Å². The van der Waals surface area contributed by atoms with Crippen molar-refractivity contribution in [2.75, 3.05) is 6.61 Å². The van der Waals surface area contributed by atoms with Crippen molar-refractivity contribution in [1.29, 1.82) is 0 Å². The largest absolute Gasteiger partial charge is 0.433 e. The molecule has 6 nitrogen and oxygen atoms in total. The molecule has 0 radical (unpaired) electrons. The minimum atomic E-state index is -4.76. The predicted octanol–water partition coefficient (Wildman–Crippen LogP) is 4.08.